The van der Waals surface area contributed by atoms with Crippen molar-refractivity contribution in [1.29, 1.82) is 0 Å². The predicted molar refractivity (Wildman–Crippen MR) is 64.5 cm³/mol. The fourth-order valence-corrected chi connectivity index (χ4v) is 1.56. The molecule has 1 aromatic rings. The van der Waals surface area contributed by atoms with Crippen LogP contribution in [0.25, 0.3) is 0 Å². The summed E-state index contributed by atoms with van der Waals surface area (Å²) in [5.74, 6) is -3.23. The molecule has 0 saturated carbocycles. The van der Waals surface area contributed by atoms with Gasteiger partial charge in [0.2, 0.25) is 0 Å². The molecule has 5 heteroatoms. The van der Waals surface area contributed by atoms with Crippen molar-refractivity contribution in [3.05, 3.63) is 34.9 Å². The molecule has 1 rings (SSSR count). The summed E-state index contributed by atoms with van der Waals surface area (Å²) in [5.41, 5.74) is 0.119. The molecule has 2 nitrogen and oxygen atoms in total. The summed E-state index contributed by atoms with van der Waals surface area (Å²) in [5, 5.41) is 12.6. The Kier molecular flexibility index (Phi) is 4.86. The van der Waals surface area contributed by atoms with Crippen molar-refractivity contribution in [3.8, 4) is 0 Å². The molecule has 0 aliphatic rings. The first-order valence-corrected chi connectivity index (χ1v) is 5.75. The normalized spacial score (nSPS) is 14.1. The summed E-state index contributed by atoms with van der Waals surface area (Å²) in [6.45, 7) is 2.96. The van der Waals surface area contributed by atoms with Crippen molar-refractivity contribution in [3.63, 3.8) is 0 Å². The number of nitrogens with one attached hydrogen (secondary N) is 1. The van der Waals surface area contributed by atoms with Crippen LogP contribution in [0.1, 0.15) is 25.5 Å². The lowest BCUT2D eigenvalue weighted by Gasteiger charge is -2.24. The van der Waals surface area contributed by atoms with E-state index in [1.54, 1.807) is 19.9 Å². The molecule has 0 amide bonds. The van der Waals surface area contributed by atoms with Crippen LogP contribution in [-0.2, 0) is 0 Å². The number of hydrogen-bond donors (Lipinski definition) is 2. The van der Waals surface area contributed by atoms with E-state index in [-0.39, 0.29) is 11.6 Å². The number of hydrogen-bond acceptors (Lipinski definition) is 2. The Morgan fingerprint density at radius 3 is 2.59 bits per heavy atom. The Balaban J connectivity index is 2.77. The molecule has 0 aliphatic heterocycles. The third kappa shape index (κ3) is 4.22. The van der Waals surface area contributed by atoms with Gasteiger partial charge in [0.1, 0.15) is 6.10 Å². The SMILES string of the molecule is CC(C)NCC(F)(F)C(O)c1cccc(Cl)c1. The highest BCUT2D eigenvalue weighted by Gasteiger charge is 2.39. The maximum Gasteiger partial charge on any atom is 0.289 e. The lowest BCUT2D eigenvalue weighted by molar-refractivity contribution is -0.108. The molecule has 0 aliphatic carbocycles. The highest BCUT2D eigenvalue weighted by Crippen LogP contribution is 2.31. The number of aliphatic hydroxyl groups is 1. The molecule has 0 aromatic heterocycles. The van der Waals surface area contributed by atoms with Gasteiger partial charge in [-0.2, -0.15) is 0 Å². The van der Waals surface area contributed by atoms with Crippen LogP contribution in [0.4, 0.5) is 8.78 Å². The van der Waals surface area contributed by atoms with Crippen LogP contribution < -0.4 is 5.32 Å². The Bertz CT molecular complexity index is 371. The third-order valence-electron chi connectivity index (χ3n) is 2.31. The van der Waals surface area contributed by atoms with Crippen LogP contribution in [-0.4, -0.2) is 23.6 Å². The molecule has 17 heavy (non-hydrogen) atoms. The maximum absolute atomic E-state index is 13.6. The summed E-state index contributed by atoms with van der Waals surface area (Å²) in [6, 6.07) is 5.82. The fraction of sp³-hybridized carbons (Fsp3) is 0.500. The minimum absolute atomic E-state index is 0.0626. The summed E-state index contributed by atoms with van der Waals surface area (Å²) in [7, 11) is 0. The van der Waals surface area contributed by atoms with Gasteiger partial charge in [0.25, 0.3) is 5.92 Å². The smallest absolute Gasteiger partial charge is 0.289 e. The van der Waals surface area contributed by atoms with Crippen molar-refractivity contribution in [1.82, 2.24) is 5.32 Å². The zero-order valence-electron chi connectivity index (χ0n) is 9.75. The highest BCUT2D eigenvalue weighted by molar-refractivity contribution is 6.30. The Morgan fingerprint density at radius 1 is 1.41 bits per heavy atom. The molecule has 1 atom stereocenters. The van der Waals surface area contributed by atoms with Crippen LogP contribution in [0.2, 0.25) is 5.02 Å². The van der Waals surface area contributed by atoms with Gasteiger partial charge in [0.15, 0.2) is 0 Å². The number of rotatable bonds is 5. The van der Waals surface area contributed by atoms with E-state index in [2.05, 4.69) is 5.32 Å². The first kappa shape index (κ1) is 14.4. The van der Waals surface area contributed by atoms with E-state index < -0.39 is 18.6 Å². The average molecular weight is 264 g/mol. The van der Waals surface area contributed by atoms with E-state index in [1.807, 2.05) is 0 Å². The third-order valence-corrected chi connectivity index (χ3v) is 2.55. The summed E-state index contributed by atoms with van der Waals surface area (Å²) < 4.78 is 27.3. The van der Waals surface area contributed by atoms with Gasteiger partial charge in [-0.25, -0.2) is 8.78 Å². The Hall–Kier alpha value is -0.710. The van der Waals surface area contributed by atoms with E-state index in [0.717, 1.165) is 0 Å². The first-order chi connectivity index (χ1) is 7.83. The number of halogens is 3. The molecule has 0 heterocycles. The van der Waals surface area contributed by atoms with Crippen molar-refractivity contribution in [2.75, 3.05) is 6.54 Å². The van der Waals surface area contributed by atoms with Gasteiger partial charge >= 0.3 is 0 Å². The van der Waals surface area contributed by atoms with Crippen LogP contribution >= 0.6 is 11.6 Å². The summed E-state index contributed by atoms with van der Waals surface area (Å²) in [6.07, 6.45) is -1.85. The lowest BCUT2D eigenvalue weighted by atomic mass is 10.0. The second kappa shape index (κ2) is 5.76. The van der Waals surface area contributed by atoms with Gasteiger partial charge in [-0.05, 0) is 17.7 Å². The Labute approximate surface area is 105 Å². The van der Waals surface area contributed by atoms with Crippen LogP contribution in [0.15, 0.2) is 24.3 Å². The Morgan fingerprint density at radius 2 is 2.06 bits per heavy atom. The van der Waals surface area contributed by atoms with Crippen LogP contribution in [0.3, 0.4) is 0 Å². The van der Waals surface area contributed by atoms with Gasteiger partial charge in [-0.15, -0.1) is 0 Å². The van der Waals surface area contributed by atoms with Crippen molar-refractivity contribution >= 4 is 11.6 Å². The number of benzene rings is 1. The molecule has 1 unspecified atom stereocenters. The molecule has 96 valence electrons. The van der Waals surface area contributed by atoms with Crippen molar-refractivity contribution in [2.45, 2.75) is 31.9 Å². The lowest BCUT2D eigenvalue weighted by Crippen LogP contribution is -2.40. The quantitative estimate of drug-likeness (QED) is 0.856. The zero-order valence-corrected chi connectivity index (χ0v) is 10.5. The molecule has 0 fully saturated rings. The second-order valence-corrected chi connectivity index (χ2v) is 4.69. The first-order valence-electron chi connectivity index (χ1n) is 5.37. The topological polar surface area (TPSA) is 32.3 Å². The number of aliphatic hydroxyl groups excluding tert-OH is 1. The van der Waals surface area contributed by atoms with E-state index in [9.17, 15) is 13.9 Å². The molecular weight excluding hydrogens is 248 g/mol. The molecule has 0 saturated heterocycles. The van der Waals surface area contributed by atoms with E-state index in [4.69, 9.17) is 11.6 Å². The maximum atomic E-state index is 13.6. The predicted octanol–water partition coefficient (Wildman–Crippen LogP) is 3.01. The highest BCUT2D eigenvalue weighted by atomic mass is 35.5. The average Bonchev–Trinajstić information content (AvgIpc) is 2.25. The van der Waals surface area contributed by atoms with E-state index in [0.29, 0.717) is 5.02 Å². The number of alkyl halides is 2. The largest absolute Gasteiger partial charge is 0.382 e. The van der Waals surface area contributed by atoms with E-state index >= 15 is 0 Å². The standard InChI is InChI=1S/C12H16ClF2NO/c1-8(2)16-7-12(14,15)11(17)9-4-3-5-10(13)6-9/h3-6,8,11,16-17H,7H2,1-2H3. The van der Waals surface area contributed by atoms with Crippen molar-refractivity contribution in [2.24, 2.45) is 0 Å². The van der Waals surface area contributed by atoms with Gasteiger partial charge in [-0.3, -0.25) is 0 Å². The van der Waals surface area contributed by atoms with Crippen LogP contribution in [0, 0.1) is 0 Å². The van der Waals surface area contributed by atoms with E-state index in [1.165, 1.54) is 18.2 Å². The molecule has 2 N–H and O–H groups in total. The monoisotopic (exact) mass is 263 g/mol. The minimum Gasteiger partial charge on any atom is -0.382 e. The van der Waals surface area contributed by atoms with Crippen molar-refractivity contribution < 1.29 is 13.9 Å². The summed E-state index contributed by atoms with van der Waals surface area (Å²) >= 11 is 5.69. The molecule has 0 spiro atoms. The second-order valence-electron chi connectivity index (χ2n) is 4.25. The summed E-state index contributed by atoms with van der Waals surface area (Å²) in [4.78, 5) is 0. The van der Waals surface area contributed by atoms with Gasteiger partial charge in [-0.1, -0.05) is 37.6 Å². The molecular formula is C12H16ClF2NO. The van der Waals surface area contributed by atoms with Gasteiger partial charge < -0.3 is 10.4 Å². The zero-order chi connectivity index (χ0) is 13.1. The van der Waals surface area contributed by atoms with Gasteiger partial charge in [0.05, 0.1) is 6.54 Å². The van der Waals surface area contributed by atoms with Crippen LogP contribution in [0.5, 0.6) is 0 Å². The molecule has 0 radical (unpaired) electrons. The minimum atomic E-state index is -3.23. The molecule has 0 bridgehead atoms. The molecule has 1 aromatic carbocycles. The fourth-order valence-electron chi connectivity index (χ4n) is 1.36. The van der Waals surface area contributed by atoms with Gasteiger partial charge in [0, 0.05) is 11.1 Å².